The molecule has 2 aromatic heterocycles. The fourth-order valence-electron chi connectivity index (χ4n) is 2.79. The molecule has 5 heteroatoms. The van der Waals surface area contributed by atoms with Gasteiger partial charge in [-0.25, -0.2) is 4.39 Å². The Kier molecular flexibility index (Phi) is 2.15. The molecule has 1 aliphatic heterocycles. The third kappa shape index (κ3) is 1.46. The highest BCUT2D eigenvalue weighted by Crippen LogP contribution is 2.51. The Balaban J connectivity index is 1.84. The molecule has 92 valence electrons. The zero-order chi connectivity index (χ0) is 12.3. The van der Waals surface area contributed by atoms with Crippen LogP contribution in [0.2, 0.25) is 0 Å². The molecule has 0 unspecified atom stereocenters. The van der Waals surface area contributed by atoms with Crippen molar-refractivity contribution in [2.45, 2.75) is 25.3 Å². The van der Waals surface area contributed by atoms with Gasteiger partial charge in [-0.2, -0.15) is 5.10 Å². The average Bonchev–Trinajstić information content (AvgIpc) is 3.10. The summed E-state index contributed by atoms with van der Waals surface area (Å²) in [5.41, 5.74) is 2.81. The summed E-state index contributed by atoms with van der Waals surface area (Å²) in [4.78, 5) is 4.11. The molecule has 0 amide bonds. The molecule has 2 aliphatic rings. The Morgan fingerprint density at radius 3 is 3.06 bits per heavy atom. The molecule has 3 heterocycles. The predicted octanol–water partition coefficient (Wildman–Crippen LogP) is 3.35. The van der Waals surface area contributed by atoms with Crippen molar-refractivity contribution in [1.82, 2.24) is 14.8 Å². The van der Waals surface area contributed by atoms with E-state index >= 15 is 0 Å². The number of fused-ring (bicyclic) bond motifs is 3. The van der Waals surface area contributed by atoms with E-state index in [0.29, 0.717) is 6.04 Å². The molecular weight excluding hydrogens is 297 g/mol. The van der Waals surface area contributed by atoms with Crippen molar-refractivity contribution in [3.63, 3.8) is 0 Å². The summed E-state index contributed by atoms with van der Waals surface area (Å²) in [6.45, 7) is 0. The third-order valence-corrected chi connectivity index (χ3v) is 4.70. The molecule has 0 radical (unpaired) electrons. The Labute approximate surface area is 112 Å². The van der Waals surface area contributed by atoms with Crippen molar-refractivity contribution in [3.05, 3.63) is 34.3 Å². The van der Waals surface area contributed by atoms with Crippen LogP contribution in [0.1, 0.15) is 24.6 Å². The van der Waals surface area contributed by atoms with Gasteiger partial charge in [0.2, 0.25) is 0 Å². The van der Waals surface area contributed by atoms with E-state index in [9.17, 15) is 4.39 Å². The molecule has 2 atom stereocenters. The average molecular weight is 308 g/mol. The van der Waals surface area contributed by atoms with Gasteiger partial charge in [-0.15, -0.1) is 0 Å². The van der Waals surface area contributed by atoms with Crippen LogP contribution >= 0.6 is 15.9 Å². The Hall–Kier alpha value is -1.23. The van der Waals surface area contributed by atoms with E-state index in [1.807, 2.05) is 0 Å². The second-order valence-electron chi connectivity index (χ2n) is 5.02. The van der Waals surface area contributed by atoms with Crippen molar-refractivity contribution >= 4 is 15.9 Å². The van der Waals surface area contributed by atoms with Crippen LogP contribution in [0.3, 0.4) is 0 Å². The second-order valence-corrected chi connectivity index (χ2v) is 5.81. The van der Waals surface area contributed by atoms with E-state index in [-0.39, 0.29) is 5.82 Å². The normalized spacial score (nSPS) is 24.6. The highest BCUT2D eigenvalue weighted by Gasteiger charge is 2.44. The summed E-state index contributed by atoms with van der Waals surface area (Å²) in [6, 6.07) is 3.69. The molecule has 0 bridgehead atoms. The lowest BCUT2D eigenvalue weighted by Gasteiger charge is -2.12. The Morgan fingerprint density at radius 2 is 2.28 bits per heavy atom. The largest absolute Gasteiger partial charge is 0.264 e. The van der Waals surface area contributed by atoms with Crippen molar-refractivity contribution in [3.8, 4) is 11.4 Å². The first kappa shape index (κ1) is 10.7. The van der Waals surface area contributed by atoms with E-state index < -0.39 is 0 Å². The molecule has 18 heavy (non-hydrogen) atoms. The predicted molar refractivity (Wildman–Crippen MR) is 68.6 cm³/mol. The van der Waals surface area contributed by atoms with Gasteiger partial charge in [-0.3, -0.25) is 9.67 Å². The monoisotopic (exact) mass is 307 g/mol. The minimum atomic E-state index is -0.318. The summed E-state index contributed by atoms with van der Waals surface area (Å²) >= 11 is 3.62. The number of nitrogens with zero attached hydrogens (tertiary/aromatic N) is 3. The van der Waals surface area contributed by atoms with E-state index in [0.717, 1.165) is 28.2 Å². The lowest BCUT2D eigenvalue weighted by molar-refractivity contribution is 0.492. The smallest absolute Gasteiger partial charge is 0.141 e. The van der Waals surface area contributed by atoms with Crippen LogP contribution in [-0.4, -0.2) is 14.8 Å². The zero-order valence-electron chi connectivity index (χ0n) is 9.61. The molecule has 0 aromatic carbocycles. The summed E-state index contributed by atoms with van der Waals surface area (Å²) in [6.07, 6.45) is 4.80. The Bertz CT molecular complexity index is 620. The minimum absolute atomic E-state index is 0.318. The molecule has 3 nitrogen and oxygen atoms in total. The molecule has 1 fully saturated rings. The first-order valence-electron chi connectivity index (χ1n) is 6.13. The molecule has 0 saturated heterocycles. The lowest BCUT2D eigenvalue weighted by Crippen LogP contribution is -2.09. The van der Waals surface area contributed by atoms with E-state index in [4.69, 9.17) is 0 Å². The van der Waals surface area contributed by atoms with Gasteiger partial charge >= 0.3 is 0 Å². The quantitative estimate of drug-likeness (QED) is 0.809. The van der Waals surface area contributed by atoms with Crippen molar-refractivity contribution in [2.75, 3.05) is 0 Å². The summed E-state index contributed by atoms with van der Waals surface area (Å²) in [5, 5.41) is 4.66. The Morgan fingerprint density at radius 1 is 1.39 bits per heavy atom. The van der Waals surface area contributed by atoms with Gasteiger partial charge < -0.3 is 0 Å². The van der Waals surface area contributed by atoms with Gasteiger partial charge in [0, 0.05) is 0 Å². The van der Waals surface area contributed by atoms with Gasteiger partial charge in [0.15, 0.2) is 0 Å². The number of aromatic nitrogens is 3. The van der Waals surface area contributed by atoms with E-state index in [2.05, 4.69) is 30.7 Å². The van der Waals surface area contributed by atoms with Gasteiger partial charge in [-0.05, 0) is 53.2 Å². The SMILES string of the molecule is Fc1ccc(-c2nn3c(c2Br)CC[C@@H]2C[C@@H]23)nc1. The van der Waals surface area contributed by atoms with Crippen LogP contribution in [-0.2, 0) is 6.42 Å². The van der Waals surface area contributed by atoms with Crippen LogP contribution < -0.4 is 0 Å². The highest BCUT2D eigenvalue weighted by molar-refractivity contribution is 9.10. The fraction of sp³-hybridized carbons (Fsp3) is 0.385. The fourth-order valence-corrected chi connectivity index (χ4v) is 3.45. The van der Waals surface area contributed by atoms with Crippen molar-refractivity contribution in [2.24, 2.45) is 5.92 Å². The van der Waals surface area contributed by atoms with Gasteiger partial charge in [0.1, 0.15) is 11.5 Å². The first-order valence-corrected chi connectivity index (χ1v) is 6.92. The molecular formula is C13H11BrFN3. The zero-order valence-corrected chi connectivity index (χ0v) is 11.2. The second kappa shape index (κ2) is 3.63. The molecule has 4 rings (SSSR count). The maximum Gasteiger partial charge on any atom is 0.141 e. The molecule has 1 saturated carbocycles. The molecule has 2 aromatic rings. The number of halogens is 2. The van der Waals surface area contributed by atoms with Gasteiger partial charge in [-0.1, -0.05) is 0 Å². The standard InChI is InChI=1S/C13H11BrFN3/c14-12-10-4-1-7-5-11(7)18(10)17-13(12)9-3-2-8(15)6-16-9/h2-3,6-7,11H,1,4-5H2/t7-,11+/m1/s1. The lowest BCUT2D eigenvalue weighted by atomic mass is 10.1. The van der Waals surface area contributed by atoms with Crippen LogP contribution in [0, 0.1) is 11.7 Å². The number of rotatable bonds is 1. The number of hydrogen-bond donors (Lipinski definition) is 0. The van der Waals surface area contributed by atoms with Crippen LogP contribution in [0.25, 0.3) is 11.4 Å². The maximum absolute atomic E-state index is 12.9. The van der Waals surface area contributed by atoms with Crippen LogP contribution in [0.15, 0.2) is 22.8 Å². The first-order chi connectivity index (χ1) is 8.74. The van der Waals surface area contributed by atoms with E-state index in [1.54, 1.807) is 6.07 Å². The van der Waals surface area contributed by atoms with Crippen molar-refractivity contribution < 1.29 is 4.39 Å². The molecule has 0 spiro atoms. The van der Waals surface area contributed by atoms with Crippen molar-refractivity contribution in [1.29, 1.82) is 0 Å². The van der Waals surface area contributed by atoms with Crippen LogP contribution in [0.5, 0.6) is 0 Å². The molecule has 0 N–H and O–H groups in total. The highest BCUT2D eigenvalue weighted by atomic mass is 79.9. The summed E-state index contributed by atoms with van der Waals surface area (Å²) in [5.74, 6) is 0.499. The van der Waals surface area contributed by atoms with Crippen LogP contribution in [0.4, 0.5) is 4.39 Å². The minimum Gasteiger partial charge on any atom is -0.264 e. The summed E-state index contributed by atoms with van der Waals surface area (Å²) < 4.78 is 16.1. The summed E-state index contributed by atoms with van der Waals surface area (Å²) in [7, 11) is 0. The van der Waals surface area contributed by atoms with E-state index in [1.165, 1.54) is 30.8 Å². The maximum atomic E-state index is 12.9. The topological polar surface area (TPSA) is 30.7 Å². The molecule has 1 aliphatic carbocycles. The van der Waals surface area contributed by atoms with Gasteiger partial charge in [0.25, 0.3) is 0 Å². The number of hydrogen-bond acceptors (Lipinski definition) is 2. The number of pyridine rings is 1. The third-order valence-electron chi connectivity index (χ3n) is 3.87. The van der Waals surface area contributed by atoms with Gasteiger partial charge in [0.05, 0.1) is 28.1 Å².